The first-order chi connectivity index (χ1) is 17.8. The highest BCUT2D eigenvalue weighted by Gasteiger charge is 2.31. The third-order valence-corrected chi connectivity index (χ3v) is 8.36. The van der Waals surface area contributed by atoms with Crippen molar-refractivity contribution in [3.8, 4) is 5.75 Å². The predicted octanol–water partition coefficient (Wildman–Crippen LogP) is 6.00. The van der Waals surface area contributed by atoms with E-state index in [1.807, 2.05) is 4.90 Å². The summed E-state index contributed by atoms with van der Waals surface area (Å²) in [5.41, 5.74) is 0.961. The molecule has 12 heteroatoms. The maximum absolute atomic E-state index is 15.2. The molecule has 1 saturated heterocycles. The minimum absolute atomic E-state index is 0.0128. The zero-order valence-corrected chi connectivity index (χ0v) is 21.2. The van der Waals surface area contributed by atoms with E-state index in [0.717, 1.165) is 11.5 Å². The molecule has 5 nitrogen and oxygen atoms in total. The molecule has 0 spiro atoms. The molecule has 2 aromatic rings. The number of ether oxygens (including phenoxy) is 1. The summed E-state index contributed by atoms with van der Waals surface area (Å²) in [6.45, 7) is 5.49. The van der Waals surface area contributed by atoms with E-state index < -0.39 is 27.8 Å². The molecular weight excluding hydrogens is 530 g/mol. The third-order valence-electron chi connectivity index (χ3n) is 6.26. The van der Waals surface area contributed by atoms with E-state index in [1.54, 1.807) is 11.0 Å². The fraction of sp³-hybridized carbons (Fsp3) is 0.308. The average molecular weight is 557 g/mol. The molecule has 2 aliphatic heterocycles. The Labute approximate surface area is 217 Å². The summed E-state index contributed by atoms with van der Waals surface area (Å²) in [5, 5.41) is 7.22. The summed E-state index contributed by atoms with van der Waals surface area (Å²) >= 11 is 0. The van der Waals surface area contributed by atoms with Crippen molar-refractivity contribution >= 4 is 38.1 Å². The zero-order chi connectivity index (χ0) is 27.7. The van der Waals surface area contributed by atoms with Gasteiger partial charge in [0.1, 0.15) is 23.1 Å². The number of alkyl halides is 5. The Morgan fingerprint density at radius 1 is 1.05 bits per heavy atom. The monoisotopic (exact) mass is 556 g/mol. The molecule has 38 heavy (non-hydrogen) atoms. The van der Waals surface area contributed by atoms with Crippen LogP contribution in [0.25, 0.3) is 0 Å². The predicted molar refractivity (Wildman–Crippen MR) is 143 cm³/mol. The van der Waals surface area contributed by atoms with E-state index in [4.69, 9.17) is 0 Å². The lowest BCUT2D eigenvalue weighted by Gasteiger charge is -2.39. The smallest absolute Gasteiger partial charge is 0.406 e. The van der Waals surface area contributed by atoms with Crippen LogP contribution < -0.4 is 9.64 Å². The molecule has 0 atom stereocenters. The first-order valence-corrected chi connectivity index (χ1v) is 13.8. The quantitative estimate of drug-likeness (QED) is 0.296. The lowest BCUT2D eigenvalue weighted by molar-refractivity contribution is -0.274. The normalized spacial score (nSPS) is 17.3. The molecule has 0 aromatic heterocycles. The maximum atomic E-state index is 15.2. The Bertz CT molecular complexity index is 1350. The van der Waals surface area contributed by atoms with Gasteiger partial charge in [0.25, 0.3) is 6.43 Å². The van der Waals surface area contributed by atoms with Crippen LogP contribution in [-0.4, -0.2) is 65.4 Å². The summed E-state index contributed by atoms with van der Waals surface area (Å²) in [6, 6.07) is 9.55. The van der Waals surface area contributed by atoms with Crippen LogP contribution in [0.5, 0.6) is 5.75 Å². The summed E-state index contributed by atoms with van der Waals surface area (Å²) in [7, 11) is -1.20. The highest BCUT2D eigenvalue weighted by Crippen LogP contribution is 2.32. The van der Waals surface area contributed by atoms with Gasteiger partial charge in [0, 0.05) is 47.8 Å². The van der Waals surface area contributed by atoms with Gasteiger partial charge >= 0.3 is 6.36 Å². The van der Waals surface area contributed by atoms with Crippen LogP contribution in [0.15, 0.2) is 65.1 Å². The Balaban J connectivity index is 1.58. The fourth-order valence-corrected chi connectivity index (χ4v) is 5.50. The van der Waals surface area contributed by atoms with E-state index in [-0.39, 0.29) is 35.7 Å². The van der Waals surface area contributed by atoms with Gasteiger partial charge in [0.15, 0.2) is 0 Å². The van der Waals surface area contributed by atoms with E-state index in [9.17, 15) is 22.0 Å². The lowest BCUT2D eigenvalue weighted by atomic mass is 10.0. The molecule has 0 aliphatic carbocycles. The number of hydrogen-bond donors (Lipinski definition) is 0. The zero-order valence-electron chi connectivity index (χ0n) is 20.4. The Kier molecular flexibility index (Phi) is 7.82. The van der Waals surface area contributed by atoms with Gasteiger partial charge < -0.3 is 14.5 Å². The minimum atomic E-state index is -4.83. The van der Waals surface area contributed by atoms with Crippen molar-refractivity contribution in [2.75, 3.05) is 29.5 Å². The molecule has 4 rings (SSSR count). The van der Waals surface area contributed by atoms with Gasteiger partial charge in [-0.2, -0.15) is 10.2 Å². The van der Waals surface area contributed by atoms with Gasteiger partial charge in [0.2, 0.25) is 0 Å². The third kappa shape index (κ3) is 6.72. The minimum Gasteiger partial charge on any atom is -0.406 e. The van der Waals surface area contributed by atoms with Crippen molar-refractivity contribution in [3.05, 3.63) is 71.8 Å². The Morgan fingerprint density at radius 3 is 2.26 bits per heavy atom. The van der Waals surface area contributed by atoms with Gasteiger partial charge in [0.05, 0.1) is 12.3 Å². The number of rotatable bonds is 8. The molecule has 0 saturated carbocycles. The van der Waals surface area contributed by atoms with E-state index in [1.165, 1.54) is 36.4 Å². The van der Waals surface area contributed by atoms with Crippen LogP contribution in [0.3, 0.4) is 0 Å². The second-order valence-electron chi connectivity index (χ2n) is 9.09. The van der Waals surface area contributed by atoms with Crippen molar-refractivity contribution in [2.24, 2.45) is 10.2 Å². The molecule has 2 heterocycles. The second-order valence-corrected chi connectivity index (χ2v) is 12.4. The van der Waals surface area contributed by atoms with Gasteiger partial charge in [-0.05, 0) is 30.3 Å². The molecule has 0 radical (unpaired) electrons. The number of hydrogen-bond acceptors (Lipinski definition) is 5. The molecule has 0 amide bonds. The number of anilines is 1. The van der Waals surface area contributed by atoms with Crippen LogP contribution in [0.4, 0.5) is 32.0 Å². The van der Waals surface area contributed by atoms with Crippen LogP contribution in [0.2, 0.25) is 0 Å². The SMILES string of the molecule is C=C(N1CCS(=C)(=C)CC1)N(Cc1ccc(C2=NN=C(C(F)F)C2)cc1F)c1ccc(OC(F)(F)F)cc1. The van der Waals surface area contributed by atoms with Crippen molar-refractivity contribution < 1.29 is 31.1 Å². The Morgan fingerprint density at radius 2 is 1.71 bits per heavy atom. The Hall–Kier alpha value is -3.41. The first-order valence-electron chi connectivity index (χ1n) is 11.5. The van der Waals surface area contributed by atoms with Crippen LogP contribution in [0.1, 0.15) is 17.5 Å². The summed E-state index contributed by atoms with van der Waals surface area (Å²) in [4.78, 5) is 3.72. The van der Waals surface area contributed by atoms with Crippen LogP contribution in [0, 0.1) is 5.82 Å². The van der Waals surface area contributed by atoms with E-state index in [0.29, 0.717) is 30.2 Å². The van der Waals surface area contributed by atoms with Crippen molar-refractivity contribution in [1.29, 1.82) is 0 Å². The number of benzene rings is 2. The van der Waals surface area contributed by atoms with Crippen molar-refractivity contribution in [3.63, 3.8) is 0 Å². The average Bonchev–Trinajstić information content (AvgIpc) is 3.33. The van der Waals surface area contributed by atoms with Gasteiger partial charge in [-0.25, -0.2) is 22.4 Å². The molecule has 0 unspecified atom stereocenters. The van der Waals surface area contributed by atoms with E-state index >= 15 is 4.39 Å². The lowest BCUT2D eigenvalue weighted by Crippen LogP contribution is -2.40. The molecular formula is C26H26F6N4OS. The molecule has 2 aliphatic rings. The standard InChI is InChI=1S/C26H26F6N4OS/c1-17(35-10-12-38(2,3)13-11-35)36(20-6-8-21(9-7-20)37-26(30,31)32)16-19-5-4-18(14-22(19)27)23-15-24(25(28)29)34-33-23/h4-9,14,25H,1-3,10-13,15-16H2. The molecule has 0 N–H and O–H groups in total. The maximum Gasteiger partial charge on any atom is 0.573 e. The largest absolute Gasteiger partial charge is 0.573 e. The van der Waals surface area contributed by atoms with E-state index in [2.05, 4.69) is 33.3 Å². The van der Waals surface area contributed by atoms with Crippen molar-refractivity contribution in [1.82, 2.24) is 4.90 Å². The molecule has 0 bridgehead atoms. The van der Waals surface area contributed by atoms with Crippen LogP contribution in [-0.2, 0) is 6.54 Å². The topological polar surface area (TPSA) is 40.4 Å². The number of nitrogens with zero attached hydrogens (tertiary/aromatic N) is 4. The molecule has 1 fully saturated rings. The summed E-state index contributed by atoms with van der Waals surface area (Å²) in [5.74, 6) is 9.51. The van der Waals surface area contributed by atoms with Crippen LogP contribution >= 0.6 is 9.21 Å². The summed E-state index contributed by atoms with van der Waals surface area (Å²) < 4.78 is 82.8. The summed E-state index contributed by atoms with van der Waals surface area (Å²) in [6.07, 6.45) is -7.73. The first kappa shape index (κ1) is 27.6. The molecule has 2 aromatic carbocycles. The molecule has 204 valence electrons. The highest BCUT2D eigenvalue weighted by atomic mass is 32.2. The van der Waals surface area contributed by atoms with Gasteiger partial charge in [-0.1, -0.05) is 30.5 Å². The number of halogens is 6. The van der Waals surface area contributed by atoms with Crippen molar-refractivity contribution in [2.45, 2.75) is 25.8 Å². The highest BCUT2D eigenvalue weighted by molar-refractivity contribution is 8.27. The van der Waals surface area contributed by atoms with Gasteiger partial charge in [-0.3, -0.25) is 0 Å². The second kappa shape index (κ2) is 10.8. The van der Waals surface area contributed by atoms with Gasteiger partial charge in [-0.15, -0.1) is 13.2 Å². The fourth-order valence-electron chi connectivity index (χ4n) is 4.08.